The van der Waals surface area contributed by atoms with E-state index in [-0.39, 0.29) is 0 Å². The summed E-state index contributed by atoms with van der Waals surface area (Å²) in [7, 11) is 1.67. The first-order valence-electron chi connectivity index (χ1n) is 6.29. The summed E-state index contributed by atoms with van der Waals surface area (Å²) >= 11 is 3.50. The summed E-state index contributed by atoms with van der Waals surface area (Å²) in [6.45, 7) is 3.21. The molecule has 0 radical (unpaired) electrons. The molecule has 0 bridgehead atoms. The van der Waals surface area contributed by atoms with E-state index in [1.165, 1.54) is 0 Å². The Morgan fingerprint density at radius 3 is 2.70 bits per heavy atom. The van der Waals surface area contributed by atoms with Gasteiger partial charge in [-0.15, -0.1) is 0 Å². The number of rotatable bonds is 6. The third-order valence-electron chi connectivity index (χ3n) is 2.59. The number of nitrogens with zero attached hydrogens (tertiary/aromatic N) is 2. The van der Waals surface area contributed by atoms with E-state index in [0.717, 1.165) is 21.8 Å². The van der Waals surface area contributed by atoms with Crippen molar-refractivity contribution in [3.05, 3.63) is 40.6 Å². The molecule has 2 aromatic rings. The zero-order chi connectivity index (χ0) is 14.4. The number of nitrogens with one attached hydrogen (secondary N) is 2. The van der Waals surface area contributed by atoms with Crippen molar-refractivity contribution < 1.29 is 4.74 Å². The number of methoxy groups -OCH3 is 1. The van der Waals surface area contributed by atoms with Crippen LogP contribution in [0.15, 0.2) is 34.8 Å². The lowest BCUT2D eigenvalue weighted by molar-refractivity contribution is 0.210. The SMILES string of the molecule is COCCNc1cc(Nc2ccccc2Br)nc(C)n1. The van der Waals surface area contributed by atoms with Gasteiger partial charge in [0.25, 0.3) is 0 Å². The van der Waals surface area contributed by atoms with Crippen LogP contribution in [-0.4, -0.2) is 30.2 Å². The topological polar surface area (TPSA) is 59.1 Å². The molecule has 0 spiro atoms. The molecule has 0 saturated heterocycles. The molecule has 0 atom stereocenters. The predicted octanol–water partition coefficient (Wildman–Crippen LogP) is 3.35. The van der Waals surface area contributed by atoms with Gasteiger partial charge in [0.1, 0.15) is 17.5 Å². The van der Waals surface area contributed by atoms with Gasteiger partial charge in [-0.3, -0.25) is 0 Å². The maximum atomic E-state index is 5.01. The van der Waals surface area contributed by atoms with Crippen molar-refractivity contribution in [2.75, 3.05) is 30.9 Å². The Morgan fingerprint density at radius 1 is 1.20 bits per heavy atom. The van der Waals surface area contributed by atoms with Crippen LogP contribution in [0.2, 0.25) is 0 Å². The van der Waals surface area contributed by atoms with Crippen molar-refractivity contribution in [1.82, 2.24) is 9.97 Å². The summed E-state index contributed by atoms with van der Waals surface area (Å²) in [6, 6.07) is 9.78. The lowest BCUT2D eigenvalue weighted by atomic mass is 10.3. The zero-order valence-electron chi connectivity index (χ0n) is 11.5. The third-order valence-corrected chi connectivity index (χ3v) is 3.28. The van der Waals surface area contributed by atoms with Gasteiger partial charge in [-0.1, -0.05) is 12.1 Å². The molecule has 106 valence electrons. The lowest BCUT2D eigenvalue weighted by Gasteiger charge is -2.11. The minimum atomic E-state index is 0.635. The second kappa shape index (κ2) is 7.21. The molecule has 0 aliphatic heterocycles. The lowest BCUT2D eigenvalue weighted by Crippen LogP contribution is -2.10. The van der Waals surface area contributed by atoms with Crippen LogP contribution < -0.4 is 10.6 Å². The van der Waals surface area contributed by atoms with Crippen molar-refractivity contribution in [2.45, 2.75) is 6.92 Å². The van der Waals surface area contributed by atoms with E-state index in [4.69, 9.17) is 4.74 Å². The second-order valence-corrected chi connectivity index (χ2v) is 5.06. The smallest absolute Gasteiger partial charge is 0.136 e. The van der Waals surface area contributed by atoms with Crippen LogP contribution in [0, 0.1) is 6.92 Å². The number of ether oxygens (including phenoxy) is 1. The zero-order valence-corrected chi connectivity index (χ0v) is 13.1. The number of hydrogen-bond acceptors (Lipinski definition) is 5. The Hall–Kier alpha value is -1.66. The Labute approximate surface area is 126 Å². The minimum Gasteiger partial charge on any atom is -0.383 e. The van der Waals surface area contributed by atoms with E-state index in [1.54, 1.807) is 7.11 Å². The first-order valence-corrected chi connectivity index (χ1v) is 7.08. The molecular weight excluding hydrogens is 320 g/mol. The Bertz CT molecular complexity index is 577. The molecule has 1 aromatic carbocycles. The van der Waals surface area contributed by atoms with Gasteiger partial charge in [-0.25, -0.2) is 9.97 Å². The van der Waals surface area contributed by atoms with Crippen molar-refractivity contribution in [3.63, 3.8) is 0 Å². The molecule has 0 saturated carbocycles. The molecule has 1 aromatic heterocycles. The number of anilines is 3. The highest BCUT2D eigenvalue weighted by Gasteiger charge is 2.04. The molecule has 20 heavy (non-hydrogen) atoms. The molecule has 6 heteroatoms. The van der Waals surface area contributed by atoms with Gasteiger partial charge in [-0.05, 0) is 35.0 Å². The van der Waals surface area contributed by atoms with Gasteiger partial charge in [0.05, 0.1) is 12.3 Å². The van der Waals surface area contributed by atoms with E-state index >= 15 is 0 Å². The molecule has 0 aliphatic rings. The number of aryl methyl sites for hydroxylation is 1. The first-order chi connectivity index (χ1) is 9.69. The number of aromatic nitrogens is 2. The molecule has 0 aliphatic carbocycles. The Balaban J connectivity index is 2.13. The molecule has 0 unspecified atom stereocenters. The molecule has 1 heterocycles. The molecule has 2 N–H and O–H groups in total. The predicted molar refractivity (Wildman–Crippen MR) is 84.6 cm³/mol. The van der Waals surface area contributed by atoms with Crippen LogP contribution in [0.25, 0.3) is 0 Å². The average molecular weight is 337 g/mol. The summed E-state index contributed by atoms with van der Waals surface area (Å²) in [5, 5.41) is 6.47. The first kappa shape index (κ1) is 14.7. The summed E-state index contributed by atoms with van der Waals surface area (Å²) in [5.74, 6) is 2.25. The second-order valence-electron chi connectivity index (χ2n) is 4.21. The molecule has 2 rings (SSSR count). The number of halogens is 1. The van der Waals surface area contributed by atoms with Crippen molar-refractivity contribution in [3.8, 4) is 0 Å². The summed E-state index contributed by atoms with van der Waals surface area (Å²) in [5.41, 5.74) is 0.966. The highest BCUT2D eigenvalue weighted by atomic mass is 79.9. The molecule has 0 fully saturated rings. The van der Waals surface area contributed by atoms with Crippen LogP contribution in [0.3, 0.4) is 0 Å². The molecule has 5 nitrogen and oxygen atoms in total. The van der Waals surface area contributed by atoms with Gasteiger partial charge in [0, 0.05) is 24.2 Å². The summed E-state index contributed by atoms with van der Waals surface area (Å²) in [6.07, 6.45) is 0. The van der Waals surface area contributed by atoms with Gasteiger partial charge >= 0.3 is 0 Å². The number of benzene rings is 1. The standard InChI is InChI=1S/C14H17BrN4O/c1-10-17-13(16-7-8-20-2)9-14(18-10)19-12-6-4-3-5-11(12)15/h3-6,9H,7-8H2,1-2H3,(H2,16,17,18,19). The molecule has 0 amide bonds. The summed E-state index contributed by atoms with van der Waals surface area (Å²) < 4.78 is 6.00. The Morgan fingerprint density at radius 2 is 1.95 bits per heavy atom. The summed E-state index contributed by atoms with van der Waals surface area (Å²) in [4.78, 5) is 8.72. The van der Waals surface area contributed by atoms with Gasteiger partial charge < -0.3 is 15.4 Å². The van der Waals surface area contributed by atoms with Crippen molar-refractivity contribution in [2.24, 2.45) is 0 Å². The van der Waals surface area contributed by atoms with Gasteiger partial charge in [-0.2, -0.15) is 0 Å². The highest BCUT2D eigenvalue weighted by molar-refractivity contribution is 9.10. The average Bonchev–Trinajstić information content (AvgIpc) is 2.41. The van der Waals surface area contributed by atoms with E-state index in [9.17, 15) is 0 Å². The third kappa shape index (κ3) is 4.18. The van der Waals surface area contributed by atoms with Crippen LogP contribution in [0.1, 0.15) is 5.82 Å². The monoisotopic (exact) mass is 336 g/mol. The van der Waals surface area contributed by atoms with Crippen LogP contribution in [0.5, 0.6) is 0 Å². The minimum absolute atomic E-state index is 0.635. The fourth-order valence-corrected chi connectivity index (χ4v) is 2.09. The maximum Gasteiger partial charge on any atom is 0.136 e. The quantitative estimate of drug-likeness (QED) is 0.792. The maximum absolute atomic E-state index is 5.01. The van der Waals surface area contributed by atoms with Crippen LogP contribution >= 0.6 is 15.9 Å². The Kier molecular flexibility index (Phi) is 5.31. The normalized spacial score (nSPS) is 10.3. The fraction of sp³-hybridized carbons (Fsp3) is 0.286. The van der Waals surface area contributed by atoms with E-state index < -0.39 is 0 Å². The largest absolute Gasteiger partial charge is 0.383 e. The van der Waals surface area contributed by atoms with E-state index in [1.807, 2.05) is 37.3 Å². The number of para-hydroxylation sites is 1. The van der Waals surface area contributed by atoms with Crippen molar-refractivity contribution >= 4 is 33.3 Å². The molecular formula is C14H17BrN4O. The van der Waals surface area contributed by atoms with Crippen LogP contribution in [-0.2, 0) is 4.74 Å². The number of hydrogen-bond donors (Lipinski definition) is 2. The highest BCUT2D eigenvalue weighted by Crippen LogP contribution is 2.25. The van der Waals surface area contributed by atoms with E-state index in [2.05, 4.69) is 36.5 Å². The van der Waals surface area contributed by atoms with Gasteiger partial charge in [0.2, 0.25) is 0 Å². The van der Waals surface area contributed by atoms with E-state index in [0.29, 0.717) is 19.0 Å². The van der Waals surface area contributed by atoms with Crippen molar-refractivity contribution in [1.29, 1.82) is 0 Å². The van der Waals surface area contributed by atoms with Crippen LogP contribution in [0.4, 0.5) is 17.3 Å². The van der Waals surface area contributed by atoms with Gasteiger partial charge in [0.15, 0.2) is 0 Å². The fourth-order valence-electron chi connectivity index (χ4n) is 1.70.